The molecule has 3 atom stereocenters. The molecule has 0 radical (unpaired) electrons. The Morgan fingerprint density at radius 3 is 2.61 bits per heavy atom. The molecule has 2 aromatic rings. The van der Waals surface area contributed by atoms with E-state index in [9.17, 15) is 19.4 Å². The summed E-state index contributed by atoms with van der Waals surface area (Å²) in [6, 6.07) is 6.54. The van der Waals surface area contributed by atoms with Gasteiger partial charge in [0.05, 0.1) is 5.69 Å². The first-order valence-electron chi connectivity index (χ1n) is 7.97. The highest BCUT2D eigenvalue weighted by atomic mass is 31.1. The van der Waals surface area contributed by atoms with E-state index in [1.54, 1.807) is 38.1 Å². The van der Waals surface area contributed by atoms with Crippen molar-refractivity contribution in [1.82, 2.24) is 25.3 Å². The first kappa shape index (κ1) is 21.2. The lowest BCUT2D eigenvalue weighted by Crippen LogP contribution is -2.40. The van der Waals surface area contributed by atoms with Crippen LogP contribution in [0.25, 0.3) is 0 Å². The summed E-state index contributed by atoms with van der Waals surface area (Å²) in [6.45, 7) is 3.28. The molecule has 0 bridgehead atoms. The molecular formula is C14H20N8O5P+. The SMILES string of the molecule is CC(C)C(OC(c1cccc(N=C(N)N)c1)c1nn[nH]n1)N(C(=O)O)[P+](=O)O. The third-order valence-corrected chi connectivity index (χ3v) is 4.26. The zero-order valence-corrected chi connectivity index (χ0v) is 15.9. The average Bonchev–Trinajstić information content (AvgIpc) is 3.11. The molecule has 0 aliphatic heterocycles. The number of H-pyrrole nitrogens is 1. The minimum Gasteiger partial charge on any atom is -0.462 e. The van der Waals surface area contributed by atoms with Crippen LogP contribution in [0.2, 0.25) is 0 Å². The Hall–Kier alpha value is -3.15. The highest BCUT2D eigenvalue weighted by Crippen LogP contribution is 2.35. The maximum atomic E-state index is 11.6. The Morgan fingerprint density at radius 1 is 1.39 bits per heavy atom. The van der Waals surface area contributed by atoms with Gasteiger partial charge in [-0.05, 0) is 26.9 Å². The fourth-order valence-electron chi connectivity index (χ4n) is 2.39. The predicted molar refractivity (Wildman–Crippen MR) is 97.3 cm³/mol. The van der Waals surface area contributed by atoms with Gasteiger partial charge in [0.1, 0.15) is 6.10 Å². The molecular weight excluding hydrogens is 391 g/mol. The van der Waals surface area contributed by atoms with Gasteiger partial charge in [-0.1, -0.05) is 31.2 Å². The maximum absolute atomic E-state index is 11.6. The molecule has 1 amide bonds. The molecule has 14 heteroatoms. The molecule has 0 spiro atoms. The summed E-state index contributed by atoms with van der Waals surface area (Å²) in [4.78, 5) is 24.9. The normalized spacial score (nSPS) is 13.6. The third-order valence-electron chi connectivity index (χ3n) is 3.49. The number of aromatic amines is 1. The van der Waals surface area contributed by atoms with Gasteiger partial charge >= 0.3 is 14.3 Å². The van der Waals surface area contributed by atoms with Crippen molar-refractivity contribution < 1.29 is 24.1 Å². The van der Waals surface area contributed by atoms with E-state index in [1.165, 1.54) is 0 Å². The van der Waals surface area contributed by atoms with Crippen molar-refractivity contribution in [3.63, 3.8) is 0 Å². The molecule has 0 saturated heterocycles. The van der Waals surface area contributed by atoms with Crippen LogP contribution in [0.1, 0.15) is 31.3 Å². The molecule has 13 nitrogen and oxygen atoms in total. The molecule has 1 aromatic heterocycles. The van der Waals surface area contributed by atoms with Crippen LogP contribution in [-0.4, -0.2) is 53.6 Å². The number of guanidine groups is 1. The largest absolute Gasteiger partial charge is 0.651 e. The van der Waals surface area contributed by atoms with E-state index in [-0.39, 0.29) is 11.8 Å². The van der Waals surface area contributed by atoms with Gasteiger partial charge in [0.25, 0.3) is 0 Å². The topological polar surface area (TPSA) is 206 Å². The number of ether oxygens (including phenoxy) is 1. The lowest BCUT2D eigenvalue weighted by atomic mass is 10.1. The molecule has 2 rings (SSSR count). The molecule has 150 valence electrons. The van der Waals surface area contributed by atoms with E-state index in [1.807, 2.05) is 0 Å². The highest BCUT2D eigenvalue weighted by Gasteiger charge is 2.44. The Morgan fingerprint density at radius 2 is 2.11 bits per heavy atom. The number of aromatic nitrogens is 4. The van der Waals surface area contributed by atoms with Crippen molar-refractivity contribution in [2.24, 2.45) is 22.4 Å². The summed E-state index contributed by atoms with van der Waals surface area (Å²) < 4.78 is 17.8. The van der Waals surface area contributed by atoms with Crippen LogP contribution in [-0.2, 0) is 9.30 Å². The van der Waals surface area contributed by atoms with E-state index in [0.717, 1.165) is 0 Å². The van der Waals surface area contributed by atoms with Crippen LogP contribution >= 0.6 is 8.18 Å². The first-order valence-corrected chi connectivity index (χ1v) is 9.13. The van der Waals surface area contributed by atoms with Crippen LogP contribution in [0.3, 0.4) is 0 Å². The van der Waals surface area contributed by atoms with E-state index in [2.05, 4.69) is 25.6 Å². The number of hydrogen-bond acceptors (Lipinski definition) is 7. The minimum atomic E-state index is -3.21. The Kier molecular flexibility index (Phi) is 6.93. The van der Waals surface area contributed by atoms with Crippen LogP contribution in [0, 0.1) is 5.92 Å². The van der Waals surface area contributed by atoms with Crippen LogP contribution < -0.4 is 11.5 Å². The number of benzene rings is 1. The van der Waals surface area contributed by atoms with Gasteiger partial charge in [-0.15, -0.1) is 15.1 Å². The van der Waals surface area contributed by atoms with Crippen LogP contribution in [0.4, 0.5) is 10.5 Å². The van der Waals surface area contributed by atoms with Crippen molar-refractivity contribution in [2.75, 3.05) is 0 Å². The molecule has 0 fully saturated rings. The van der Waals surface area contributed by atoms with Gasteiger partial charge in [0, 0.05) is 5.92 Å². The zero-order chi connectivity index (χ0) is 20.8. The predicted octanol–water partition coefficient (Wildman–Crippen LogP) is 0.822. The van der Waals surface area contributed by atoms with Gasteiger partial charge in [0.15, 0.2) is 12.2 Å². The summed E-state index contributed by atoms with van der Waals surface area (Å²) in [6.07, 6.45) is -3.90. The van der Waals surface area contributed by atoms with Gasteiger partial charge in [-0.3, -0.25) is 0 Å². The average molecular weight is 411 g/mol. The van der Waals surface area contributed by atoms with Crippen molar-refractivity contribution in [2.45, 2.75) is 26.2 Å². The number of nitrogens with one attached hydrogen (secondary N) is 1. The third kappa shape index (κ3) is 5.19. The number of nitrogens with zero attached hydrogens (tertiary/aromatic N) is 5. The number of carboxylic acid groups (broad SMARTS) is 1. The van der Waals surface area contributed by atoms with Gasteiger partial charge in [-0.25, -0.2) is 9.79 Å². The molecule has 0 aliphatic rings. The molecule has 7 N–H and O–H groups in total. The summed E-state index contributed by atoms with van der Waals surface area (Å²) in [5, 5.41) is 22.9. The first-order chi connectivity index (χ1) is 13.2. The van der Waals surface area contributed by atoms with Crippen LogP contribution in [0.5, 0.6) is 0 Å². The van der Waals surface area contributed by atoms with E-state index < -0.39 is 32.5 Å². The van der Waals surface area contributed by atoms with Crippen molar-refractivity contribution in [1.29, 1.82) is 0 Å². The van der Waals surface area contributed by atoms with Gasteiger partial charge in [-0.2, -0.15) is 5.21 Å². The summed E-state index contributed by atoms with van der Waals surface area (Å²) in [5.74, 6) is -0.535. The number of hydrogen-bond donors (Lipinski definition) is 5. The smallest absolute Gasteiger partial charge is 0.462 e. The second-order valence-electron chi connectivity index (χ2n) is 5.93. The van der Waals surface area contributed by atoms with E-state index in [0.29, 0.717) is 15.9 Å². The monoisotopic (exact) mass is 411 g/mol. The molecule has 0 saturated carbocycles. The second-order valence-corrected chi connectivity index (χ2v) is 6.87. The lowest BCUT2D eigenvalue weighted by molar-refractivity contribution is -0.0760. The fraction of sp³-hybridized carbons (Fsp3) is 0.357. The van der Waals surface area contributed by atoms with Gasteiger partial charge < -0.3 is 21.3 Å². The Labute approximate surface area is 160 Å². The number of carbonyl (C=O) groups is 1. The summed E-state index contributed by atoms with van der Waals surface area (Å²) in [5.41, 5.74) is 11.7. The van der Waals surface area contributed by atoms with Gasteiger partial charge in [0.2, 0.25) is 5.82 Å². The molecule has 0 aliphatic carbocycles. The lowest BCUT2D eigenvalue weighted by Gasteiger charge is -2.27. The fourth-order valence-corrected chi connectivity index (χ4v) is 3.05. The van der Waals surface area contributed by atoms with Crippen LogP contribution in [0.15, 0.2) is 29.3 Å². The second kappa shape index (κ2) is 9.17. The molecule has 1 aromatic carbocycles. The van der Waals surface area contributed by atoms with E-state index >= 15 is 0 Å². The maximum Gasteiger partial charge on any atom is 0.651 e. The molecule has 3 unspecified atom stereocenters. The van der Waals surface area contributed by atoms with Crippen molar-refractivity contribution in [3.8, 4) is 0 Å². The zero-order valence-electron chi connectivity index (χ0n) is 15.0. The van der Waals surface area contributed by atoms with E-state index in [4.69, 9.17) is 16.2 Å². The minimum absolute atomic E-state index is 0.0889. The molecule has 28 heavy (non-hydrogen) atoms. The molecule has 1 heterocycles. The number of amides is 1. The summed E-state index contributed by atoms with van der Waals surface area (Å²) in [7, 11) is -3.21. The standard InChI is InChI=1S/C14H19N8O5P/c1-7(2)12(22(14(23)24)28(25)26)27-10(11-18-20-21-19-11)8-4-3-5-9(6-8)17-13(15)16/h3-7,10,12H,1-2H3,(H6-,15,16,17,18,19,20,21,23,24,25,26)/p+1. The quantitative estimate of drug-likeness (QED) is 0.179. The highest BCUT2D eigenvalue weighted by molar-refractivity contribution is 7.36. The number of nitrogens with two attached hydrogens (primary N) is 2. The van der Waals surface area contributed by atoms with Crippen molar-refractivity contribution in [3.05, 3.63) is 35.7 Å². The number of aliphatic imine (C=N–C) groups is 1. The number of rotatable bonds is 8. The number of tetrazole rings is 1. The van der Waals surface area contributed by atoms with Crippen molar-refractivity contribution >= 4 is 25.9 Å². The Bertz CT molecular complexity index is 841. The summed E-state index contributed by atoms with van der Waals surface area (Å²) >= 11 is 0. The Balaban J connectivity index is 2.48.